The van der Waals surface area contributed by atoms with Crippen molar-refractivity contribution in [1.82, 2.24) is 0 Å². The van der Waals surface area contributed by atoms with Gasteiger partial charge in [-0.25, -0.2) is 14.0 Å². The summed E-state index contributed by atoms with van der Waals surface area (Å²) < 4.78 is 55.5. The molecule has 2 aliphatic rings. The predicted molar refractivity (Wildman–Crippen MR) is 147 cm³/mol. The Labute approximate surface area is 238 Å². The van der Waals surface area contributed by atoms with E-state index in [2.05, 4.69) is 0 Å². The topological polar surface area (TPSA) is 98.8 Å². The molecule has 0 saturated carbocycles. The van der Waals surface area contributed by atoms with E-state index in [0.717, 1.165) is 0 Å². The van der Waals surface area contributed by atoms with Crippen LogP contribution in [0.3, 0.4) is 0 Å². The maximum absolute atomic E-state index is 15.8. The summed E-state index contributed by atoms with van der Waals surface area (Å²) in [5.74, 6) is -2.49. The van der Waals surface area contributed by atoms with Crippen molar-refractivity contribution >= 4 is 18.0 Å². The first-order chi connectivity index (χ1) is 19.6. The highest BCUT2D eigenvalue weighted by molar-refractivity contribution is 5.97. The van der Waals surface area contributed by atoms with Crippen LogP contribution in [0.1, 0.15) is 59.9 Å². The number of fused-ring (bicyclic) bond motifs is 2. The standard InChI is InChI=1S/C31H35FO9/c1-19-14-15-23(32)27(39-29(33)20-10-7-6-8-11-20)28-24(40-31(2,3)41-28)13-9-12-21-16-22(36-5)17-25(37-18-35-4)26(21)30(34)38-19/h6-12,15-17,19,24,27-28H,13-14,18H2,1-5H3/b12-9?,23-15+/t19?,24-,27?,28?/m0/s1. The number of ether oxygens (including phenoxy) is 7. The lowest BCUT2D eigenvalue weighted by Gasteiger charge is -2.26. The zero-order valence-electron chi connectivity index (χ0n) is 23.8. The third-order valence-corrected chi connectivity index (χ3v) is 6.53. The lowest BCUT2D eigenvalue weighted by atomic mass is 10.00. The van der Waals surface area contributed by atoms with Crippen LogP contribution in [0.15, 0.2) is 60.4 Å². The highest BCUT2D eigenvalue weighted by Gasteiger charge is 2.47. The van der Waals surface area contributed by atoms with Crippen molar-refractivity contribution < 1.29 is 47.1 Å². The van der Waals surface area contributed by atoms with Crippen molar-refractivity contribution in [2.45, 2.75) is 63.8 Å². The Bertz CT molecular complexity index is 1290. The van der Waals surface area contributed by atoms with Crippen LogP contribution < -0.4 is 9.47 Å². The van der Waals surface area contributed by atoms with Gasteiger partial charge in [0.2, 0.25) is 0 Å². The molecule has 0 N–H and O–H groups in total. The average Bonchev–Trinajstić information content (AvgIpc) is 3.26. The van der Waals surface area contributed by atoms with Gasteiger partial charge in [0.1, 0.15) is 35.1 Å². The lowest BCUT2D eigenvalue weighted by Crippen LogP contribution is -2.39. The number of carbonyl (C=O) groups excluding carboxylic acids is 2. The SMILES string of the molecule is COCOc1cc(OC)cc2c1C(=O)OC(C)C/C=C(/F)C(OC(=O)c1ccccc1)C1OC(C)(C)O[C@H]1CC=C2. The van der Waals surface area contributed by atoms with Crippen molar-refractivity contribution in [3.63, 3.8) is 0 Å². The molecule has 9 nitrogen and oxygen atoms in total. The molecular formula is C31H35FO9. The minimum atomic E-state index is -1.39. The average molecular weight is 571 g/mol. The van der Waals surface area contributed by atoms with Gasteiger partial charge in [0, 0.05) is 19.6 Å². The maximum Gasteiger partial charge on any atom is 0.342 e. The molecule has 0 aromatic heterocycles. The molecule has 2 aliphatic heterocycles. The fraction of sp³-hybridized carbons (Fsp3) is 0.419. The number of benzene rings is 2. The molecule has 0 amide bonds. The summed E-state index contributed by atoms with van der Waals surface area (Å²) in [6, 6.07) is 11.6. The van der Waals surface area contributed by atoms with Crippen LogP contribution in [0.2, 0.25) is 0 Å². The number of carbonyl (C=O) groups is 2. The molecule has 4 atom stereocenters. The van der Waals surface area contributed by atoms with E-state index < -0.39 is 48.0 Å². The highest BCUT2D eigenvalue weighted by atomic mass is 19.1. The maximum atomic E-state index is 15.8. The van der Waals surface area contributed by atoms with Crippen molar-refractivity contribution in [3.8, 4) is 11.5 Å². The van der Waals surface area contributed by atoms with Crippen molar-refractivity contribution in [3.05, 3.63) is 77.1 Å². The van der Waals surface area contributed by atoms with Gasteiger partial charge in [-0.1, -0.05) is 30.4 Å². The molecule has 0 aliphatic carbocycles. The molecule has 4 rings (SSSR count). The molecule has 0 bridgehead atoms. The van der Waals surface area contributed by atoms with E-state index in [-0.39, 0.29) is 36.5 Å². The molecule has 0 radical (unpaired) electrons. The Hall–Kier alpha value is -3.73. The Balaban J connectivity index is 1.74. The van der Waals surface area contributed by atoms with Gasteiger partial charge < -0.3 is 33.2 Å². The Morgan fingerprint density at radius 1 is 1.10 bits per heavy atom. The van der Waals surface area contributed by atoms with Gasteiger partial charge in [-0.15, -0.1) is 0 Å². The van der Waals surface area contributed by atoms with Crippen LogP contribution in [0.5, 0.6) is 11.5 Å². The van der Waals surface area contributed by atoms with Crippen LogP contribution in [0.4, 0.5) is 4.39 Å². The lowest BCUT2D eigenvalue weighted by molar-refractivity contribution is -0.154. The van der Waals surface area contributed by atoms with Gasteiger partial charge in [0.25, 0.3) is 0 Å². The smallest absolute Gasteiger partial charge is 0.342 e. The Morgan fingerprint density at radius 3 is 2.56 bits per heavy atom. The summed E-state index contributed by atoms with van der Waals surface area (Å²) in [4.78, 5) is 26.3. The summed E-state index contributed by atoms with van der Waals surface area (Å²) >= 11 is 0. The monoisotopic (exact) mass is 570 g/mol. The van der Waals surface area contributed by atoms with Gasteiger partial charge in [-0.05, 0) is 57.0 Å². The fourth-order valence-corrected chi connectivity index (χ4v) is 4.67. The first-order valence-electron chi connectivity index (χ1n) is 13.3. The summed E-state index contributed by atoms with van der Waals surface area (Å²) in [5.41, 5.74) is 0.921. The third-order valence-electron chi connectivity index (χ3n) is 6.53. The second-order valence-electron chi connectivity index (χ2n) is 10.1. The van der Waals surface area contributed by atoms with Gasteiger partial charge in [-0.2, -0.15) is 0 Å². The molecular weight excluding hydrogens is 535 g/mol. The summed E-state index contributed by atoms with van der Waals surface area (Å²) in [6.45, 7) is 4.95. The third kappa shape index (κ3) is 7.52. The molecule has 1 saturated heterocycles. The first kappa shape index (κ1) is 30.2. The van der Waals surface area contributed by atoms with Crippen molar-refractivity contribution in [2.24, 2.45) is 0 Å². The number of halogens is 1. The first-order valence-corrected chi connectivity index (χ1v) is 13.3. The molecule has 3 unspecified atom stereocenters. The van der Waals surface area contributed by atoms with Crippen LogP contribution in [0.25, 0.3) is 6.08 Å². The number of hydrogen-bond acceptors (Lipinski definition) is 9. The largest absolute Gasteiger partial charge is 0.497 e. The molecule has 2 heterocycles. The summed E-state index contributed by atoms with van der Waals surface area (Å²) in [5, 5.41) is 0. The van der Waals surface area contributed by atoms with Crippen LogP contribution in [-0.4, -0.2) is 63.2 Å². The van der Waals surface area contributed by atoms with Gasteiger partial charge in [0.05, 0.1) is 18.8 Å². The fourth-order valence-electron chi connectivity index (χ4n) is 4.67. The minimum absolute atomic E-state index is 0.00812. The van der Waals surface area contributed by atoms with E-state index in [1.165, 1.54) is 20.3 Å². The molecule has 10 heteroatoms. The normalized spacial score (nSPS) is 25.5. The Kier molecular flexibility index (Phi) is 9.80. The number of esters is 2. The number of cyclic esters (lactones) is 1. The predicted octanol–water partition coefficient (Wildman–Crippen LogP) is 5.63. The van der Waals surface area contributed by atoms with E-state index in [9.17, 15) is 9.59 Å². The molecule has 0 spiro atoms. The van der Waals surface area contributed by atoms with Crippen LogP contribution >= 0.6 is 0 Å². The molecule has 220 valence electrons. The second kappa shape index (κ2) is 13.3. The zero-order chi connectivity index (χ0) is 29.6. The molecule has 1 fully saturated rings. The molecule has 41 heavy (non-hydrogen) atoms. The minimum Gasteiger partial charge on any atom is -0.497 e. The molecule has 2 aromatic carbocycles. The zero-order valence-corrected chi connectivity index (χ0v) is 23.8. The van der Waals surface area contributed by atoms with E-state index in [0.29, 0.717) is 11.3 Å². The van der Waals surface area contributed by atoms with Crippen molar-refractivity contribution in [1.29, 1.82) is 0 Å². The summed E-state index contributed by atoms with van der Waals surface area (Å²) in [6.07, 6.45) is 1.21. The van der Waals surface area contributed by atoms with Crippen molar-refractivity contribution in [2.75, 3.05) is 21.0 Å². The number of rotatable bonds is 6. The van der Waals surface area contributed by atoms with Crippen LogP contribution in [0, 0.1) is 0 Å². The quantitative estimate of drug-likeness (QED) is 0.323. The van der Waals surface area contributed by atoms with Gasteiger partial charge in [0.15, 0.2) is 18.7 Å². The van der Waals surface area contributed by atoms with Crippen LogP contribution in [-0.2, 0) is 23.7 Å². The summed E-state index contributed by atoms with van der Waals surface area (Å²) in [7, 11) is 2.97. The highest BCUT2D eigenvalue weighted by Crippen LogP contribution is 2.37. The Morgan fingerprint density at radius 2 is 1.85 bits per heavy atom. The van der Waals surface area contributed by atoms with Gasteiger partial charge >= 0.3 is 11.9 Å². The number of hydrogen-bond donors (Lipinski definition) is 0. The van der Waals surface area contributed by atoms with E-state index >= 15 is 4.39 Å². The molecule has 2 aromatic rings. The van der Waals surface area contributed by atoms with E-state index in [1.807, 2.05) is 0 Å². The second-order valence-corrected chi connectivity index (χ2v) is 10.1. The van der Waals surface area contributed by atoms with E-state index in [1.54, 1.807) is 75.4 Å². The van der Waals surface area contributed by atoms with E-state index in [4.69, 9.17) is 33.2 Å². The number of methoxy groups -OCH3 is 2. The van der Waals surface area contributed by atoms with Gasteiger partial charge in [-0.3, -0.25) is 0 Å².